The molecular weight excluding hydrogens is 859 g/mol. The molecule has 71 heavy (non-hydrogen) atoms. The summed E-state index contributed by atoms with van der Waals surface area (Å²) in [5.74, 6) is 2.57. The van der Waals surface area contributed by atoms with E-state index in [2.05, 4.69) is 281 Å². The number of hydrogen-bond donors (Lipinski definition) is 0. The second-order valence-electron chi connectivity index (χ2n) is 19.7. The second-order valence-corrected chi connectivity index (χ2v) is 19.7. The smallest absolute Gasteiger partial charge is 0.127 e. The number of ether oxygens (including phenoxy) is 1. The molecule has 0 aliphatic heterocycles. The second kappa shape index (κ2) is 18.0. The molecule has 344 valence electrons. The summed E-state index contributed by atoms with van der Waals surface area (Å²) in [7, 11) is 0. The van der Waals surface area contributed by atoms with Crippen LogP contribution < -0.4 is 9.64 Å². The molecule has 2 nitrogen and oxygen atoms in total. The van der Waals surface area contributed by atoms with E-state index in [9.17, 15) is 0 Å². The first kappa shape index (κ1) is 44.0. The summed E-state index contributed by atoms with van der Waals surface area (Å²) in [5, 5.41) is 0. The van der Waals surface area contributed by atoms with Gasteiger partial charge >= 0.3 is 0 Å². The third-order valence-corrected chi connectivity index (χ3v) is 15.6. The van der Waals surface area contributed by atoms with Gasteiger partial charge in [0.15, 0.2) is 0 Å². The number of para-hydroxylation sites is 1. The van der Waals surface area contributed by atoms with Crippen molar-refractivity contribution in [2.24, 2.45) is 0 Å². The topological polar surface area (TPSA) is 12.5 Å². The normalized spacial score (nSPS) is 15.3. The maximum atomic E-state index is 6.55. The molecule has 12 rings (SSSR count). The number of nitrogens with zero attached hydrogens (tertiary/aromatic N) is 1. The highest BCUT2D eigenvalue weighted by Gasteiger charge is 2.48. The Morgan fingerprint density at radius 2 is 0.732 bits per heavy atom. The quantitative estimate of drug-likeness (QED) is 0.121. The summed E-state index contributed by atoms with van der Waals surface area (Å²) in [6, 6.07) is 92.3. The fourth-order valence-corrected chi connectivity index (χ4v) is 11.9. The van der Waals surface area contributed by atoms with Gasteiger partial charge in [-0.05, 0) is 157 Å². The number of anilines is 3. The molecule has 2 unspecified atom stereocenters. The van der Waals surface area contributed by atoms with Crippen LogP contribution in [0.2, 0.25) is 0 Å². The first-order valence-electron chi connectivity index (χ1n) is 25.3. The number of hydrogen-bond acceptors (Lipinski definition) is 2. The third-order valence-electron chi connectivity index (χ3n) is 15.6. The monoisotopic (exact) mass is 915 g/mol. The molecule has 0 aromatic heterocycles. The highest BCUT2D eigenvalue weighted by molar-refractivity contribution is 5.92. The van der Waals surface area contributed by atoms with Crippen molar-refractivity contribution in [3.63, 3.8) is 0 Å². The molecule has 0 fully saturated rings. The predicted octanol–water partition coefficient (Wildman–Crippen LogP) is 18.3. The van der Waals surface area contributed by atoms with E-state index in [4.69, 9.17) is 4.74 Å². The van der Waals surface area contributed by atoms with Gasteiger partial charge in [0, 0.05) is 17.1 Å². The Morgan fingerprint density at radius 1 is 0.352 bits per heavy atom. The zero-order valence-electron chi connectivity index (χ0n) is 40.9. The molecule has 0 N–H and O–H groups in total. The minimum Gasteiger partial charge on any atom is -0.457 e. The summed E-state index contributed by atoms with van der Waals surface area (Å²) in [4.78, 5) is 2.46. The van der Waals surface area contributed by atoms with Crippen molar-refractivity contribution in [1.29, 1.82) is 0 Å². The largest absolute Gasteiger partial charge is 0.457 e. The Balaban J connectivity index is 1.06. The minimum atomic E-state index is -0.633. The molecule has 0 heterocycles. The molecule has 0 bridgehead atoms. The highest BCUT2D eigenvalue weighted by atomic mass is 16.5. The van der Waals surface area contributed by atoms with E-state index >= 15 is 0 Å². The highest BCUT2D eigenvalue weighted by Crippen LogP contribution is 2.60. The molecule has 0 saturated heterocycles. The number of benzene rings is 10. The zero-order chi connectivity index (χ0) is 48.1. The van der Waals surface area contributed by atoms with E-state index in [1.165, 1.54) is 77.9 Å². The average molecular weight is 916 g/mol. The molecule has 2 aliphatic rings. The van der Waals surface area contributed by atoms with Crippen LogP contribution in [-0.4, -0.2) is 0 Å². The molecular formula is C69H57NO. The van der Waals surface area contributed by atoms with Gasteiger partial charge in [-0.15, -0.1) is 0 Å². The van der Waals surface area contributed by atoms with E-state index in [-0.39, 0.29) is 0 Å². The maximum Gasteiger partial charge on any atom is 0.127 e. The summed E-state index contributed by atoms with van der Waals surface area (Å²) >= 11 is 0. The Kier molecular flexibility index (Phi) is 11.1. The predicted molar refractivity (Wildman–Crippen MR) is 295 cm³/mol. The van der Waals surface area contributed by atoms with E-state index in [1.807, 2.05) is 0 Å². The Bertz CT molecular complexity index is 3470. The van der Waals surface area contributed by atoms with Gasteiger partial charge in [-0.1, -0.05) is 216 Å². The van der Waals surface area contributed by atoms with Crippen molar-refractivity contribution < 1.29 is 4.74 Å². The maximum absolute atomic E-state index is 6.55. The van der Waals surface area contributed by atoms with Gasteiger partial charge in [-0.2, -0.15) is 0 Å². The van der Waals surface area contributed by atoms with E-state index < -0.39 is 10.8 Å². The summed E-state index contributed by atoms with van der Waals surface area (Å²) in [5.41, 5.74) is 19.8. The minimum absolute atomic E-state index is 0.410. The molecule has 10 aromatic carbocycles. The van der Waals surface area contributed by atoms with Gasteiger partial charge < -0.3 is 9.64 Å². The van der Waals surface area contributed by atoms with E-state index in [0.29, 0.717) is 11.8 Å². The van der Waals surface area contributed by atoms with Gasteiger partial charge in [-0.3, -0.25) is 0 Å². The molecule has 10 aromatic rings. The summed E-state index contributed by atoms with van der Waals surface area (Å²) in [6.45, 7) is 9.05. The molecule has 2 atom stereocenters. The molecule has 0 amide bonds. The van der Waals surface area contributed by atoms with Crippen molar-refractivity contribution in [2.75, 3.05) is 4.90 Å². The molecule has 0 spiro atoms. The van der Waals surface area contributed by atoms with Crippen molar-refractivity contribution in [3.05, 3.63) is 304 Å². The van der Waals surface area contributed by atoms with Crippen molar-refractivity contribution >= 4 is 17.1 Å². The fraction of sp³-hybridized carbons (Fsp3) is 0.130. The van der Waals surface area contributed by atoms with Gasteiger partial charge in [0.2, 0.25) is 0 Å². The first-order valence-corrected chi connectivity index (χ1v) is 25.3. The van der Waals surface area contributed by atoms with Crippen molar-refractivity contribution in [2.45, 2.75) is 56.8 Å². The van der Waals surface area contributed by atoms with Crippen LogP contribution >= 0.6 is 0 Å². The lowest BCUT2D eigenvalue weighted by atomic mass is 9.67. The fourth-order valence-electron chi connectivity index (χ4n) is 11.9. The van der Waals surface area contributed by atoms with Crippen molar-refractivity contribution in [3.8, 4) is 33.8 Å². The number of rotatable bonds is 12. The standard InChI is InChI=1S/C69H57NO/c1-5-48(4)50-31-39-58(40-32-50)71-59-41-35-54(36-42-59)69(53-33-29-49(30-34-53)47(2)3)65-28-18-16-26-61(65)63-44-38-57(46-67(63)69)70(55-23-13-8-14-24-55)56-37-43-62-60-25-15-17-27-64(60)68(66(62)45-56,51-19-9-6-10-20-51)52-21-11-7-12-22-52/h6-48H,5H2,1-4H3. The molecule has 2 aliphatic carbocycles. The summed E-state index contributed by atoms with van der Waals surface area (Å²) in [6.07, 6.45) is 1.11. The average Bonchev–Trinajstić information content (AvgIpc) is 3.90. The molecule has 0 radical (unpaired) electrons. The van der Waals surface area contributed by atoms with E-state index in [1.54, 1.807) is 0 Å². The van der Waals surface area contributed by atoms with Gasteiger partial charge in [-0.25, -0.2) is 0 Å². The zero-order valence-corrected chi connectivity index (χ0v) is 40.9. The van der Waals surface area contributed by atoms with Crippen molar-refractivity contribution in [1.82, 2.24) is 0 Å². The first-order chi connectivity index (χ1) is 34.9. The van der Waals surface area contributed by atoms with Crippen LogP contribution in [0.15, 0.2) is 249 Å². The Hall–Kier alpha value is -8.20. The van der Waals surface area contributed by atoms with Gasteiger partial charge in [0.1, 0.15) is 11.5 Å². The molecule has 0 saturated carbocycles. The third kappa shape index (κ3) is 7.15. The van der Waals surface area contributed by atoms with Crippen LogP contribution in [0, 0.1) is 0 Å². The van der Waals surface area contributed by atoms with Gasteiger partial charge in [0.25, 0.3) is 0 Å². The van der Waals surface area contributed by atoms with Crippen LogP contribution in [-0.2, 0) is 10.8 Å². The summed E-state index contributed by atoms with van der Waals surface area (Å²) < 4.78 is 6.55. The van der Waals surface area contributed by atoms with Crippen LogP contribution in [0.4, 0.5) is 17.1 Å². The number of fused-ring (bicyclic) bond motifs is 6. The van der Waals surface area contributed by atoms with Gasteiger partial charge in [0.05, 0.1) is 10.8 Å². The lowest BCUT2D eigenvalue weighted by Gasteiger charge is -2.36. The van der Waals surface area contributed by atoms with E-state index in [0.717, 1.165) is 35.0 Å². The van der Waals surface area contributed by atoms with Crippen LogP contribution in [0.5, 0.6) is 11.5 Å². The Labute approximate surface area is 419 Å². The molecule has 2 heteroatoms. The van der Waals surface area contributed by atoms with Crippen LogP contribution in [0.25, 0.3) is 22.3 Å². The Morgan fingerprint density at radius 3 is 1.20 bits per heavy atom. The van der Waals surface area contributed by atoms with Crippen LogP contribution in [0.1, 0.15) is 102 Å². The SMILES string of the molecule is CCC(C)c1ccc(Oc2ccc(C3(c4ccc(C(C)C)cc4)c4ccccc4-c4ccc(N(c5ccccc5)c5ccc6c(c5)C(c5ccccc5)(c5ccccc5)c5ccccc5-6)cc43)cc2)cc1. The lowest BCUT2D eigenvalue weighted by Crippen LogP contribution is -2.29. The lowest BCUT2D eigenvalue weighted by molar-refractivity contribution is 0.481. The van der Waals surface area contributed by atoms with Crippen LogP contribution in [0.3, 0.4) is 0 Å².